The van der Waals surface area contributed by atoms with Gasteiger partial charge in [0.2, 0.25) is 5.91 Å². The molecule has 0 aliphatic heterocycles. The van der Waals surface area contributed by atoms with Crippen LogP contribution in [0.2, 0.25) is 0 Å². The number of hydrogen-bond acceptors (Lipinski definition) is 3. The molecule has 29 heavy (non-hydrogen) atoms. The van der Waals surface area contributed by atoms with E-state index in [1.54, 1.807) is 6.92 Å². The van der Waals surface area contributed by atoms with E-state index < -0.39 is 46.8 Å². The SMILES string of the molecule is CCc1nc2c(C(F)(F)F)cccc2c(=O)n1NC(=O)Cc1cc(F)cc(F)c1. The first kappa shape index (κ1) is 20.4. The summed E-state index contributed by atoms with van der Waals surface area (Å²) in [6.07, 6.45) is -5.11. The molecular weight excluding hydrogens is 397 g/mol. The van der Waals surface area contributed by atoms with E-state index in [4.69, 9.17) is 0 Å². The van der Waals surface area contributed by atoms with Crippen molar-refractivity contribution in [1.29, 1.82) is 0 Å². The normalized spacial score (nSPS) is 11.7. The molecule has 0 spiro atoms. The first-order valence-electron chi connectivity index (χ1n) is 8.47. The van der Waals surface area contributed by atoms with Gasteiger partial charge in [-0.05, 0) is 29.8 Å². The molecule has 5 nitrogen and oxygen atoms in total. The van der Waals surface area contributed by atoms with Gasteiger partial charge >= 0.3 is 6.18 Å². The van der Waals surface area contributed by atoms with E-state index in [1.807, 2.05) is 0 Å². The molecule has 0 bridgehead atoms. The lowest BCUT2D eigenvalue weighted by Crippen LogP contribution is -2.37. The number of para-hydroxylation sites is 1. The standard InChI is InChI=1S/C19H14F5N3O2/c1-2-15-25-17-13(4-3-5-14(17)19(22,23)24)18(29)27(15)26-16(28)8-10-6-11(20)9-12(21)7-10/h3-7,9H,2,8H2,1H3,(H,26,28). The minimum atomic E-state index is -4.71. The summed E-state index contributed by atoms with van der Waals surface area (Å²) in [5, 5.41) is -0.325. The summed E-state index contributed by atoms with van der Waals surface area (Å²) in [5.41, 5.74) is -0.195. The van der Waals surface area contributed by atoms with Crippen molar-refractivity contribution in [2.75, 3.05) is 5.43 Å². The van der Waals surface area contributed by atoms with Crippen molar-refractivity contribution >= 4 is 16.8 Å². The Labute approximate surface area is 160 Å². The molecule has 0 atom stereocenters. The van der Waals surface area contributed by atoms with Gasteiger partial charge in [0.25, 0.3) is 5.56 Å². The number of nitrogens with one attached hydrogen (secondary N) is 1. The molecule has 1 aromatic heterocycles. The van der Waals surface area contributed by atoms with E-state index in [9.17, 15) is 31.5 Å². The fourth-order valence-electron chi connectivity index (χ4n) is 2.90. The average Bonchev–Trinajstić information content (AvgIpc) is 2.61. The number of carbonyl (C=O) groups is 1. The average molecular weight is 411 g/mol. The Balaban J connectivity index is 2.02. The van der Waals surface area contributed by atoms with E-state index in [1.165, 1.54) is 6.07 Å². The lowest BCUT2D eigenvalue weighted by molar-refractivity contribution is -0.136. The molecule has 152 valence electrons. The second-order valence-corrected chi connectivity index (χ2v) is 6.21. The fraction of sp³-hybridized carbons (Fsp3) is 0.211. The first-order valence-corrected chi connectivity index (χ1v) is 8.47. The molecule has 0 saturated heterocycles. The number of carbonyl (C=O) groups excluding carboxylic acids is 1. The number of rotatable bonds is 4. The third-order valence-electron chi connectivity index (χ3n) is 4.11. The van der Waals surface area contributed by atoms with Crippen LogP contribution in [0, 0.1) is 11.6 Å². The molecule has 1 amide bonds. The maximum absolute atomic E-state index is 13.3. The second kappa shape index (κ2) is 7.61. The van der Waals surface area contributed by atoms with Crippen LogP contribution in [-0.4, -0.2) is 15.6 Å². The molecule has 0 saturated carbocycles. The minimum absolute atomic E-state index is 0.0270. The quantitative estimate of drug-likeness (QED) is 0.668. The lowest BCUT2D eigenvalue weighted by Gasteiger charge is -2.16. The number of fused-ring (bicyclic) bond motifs is 1. The number of hydrogen-bond donors (Lipinski definition) is 1. The number of halogens is 5. The van der Waals surface area contributed by atoms with Gasteiger partial charge in [-0.2, -0.15) is 13.2 Å². The number of nitrogens with zero attached hydrogens (tertiary/aromatic N) is 2. The van der Waals surface area contributed by atoms with Crippen LogP contribution in [0.15, 0.2) is 41.2 Å². The van der Waals surface area contributed by atoms with Gasteiger partial charge in [0.05, 0.1) is 22.9 Å². The highest BCUT2D eigenvalue weighted by molar-refractivity contribution is 5.87. The van der Waals surface area contributed by atoms with Crippen LogP contribution in [0.4, 0.5) is 22.0 Å². The zero-order chi connectivity index (χ0) is 21.3. The predicted molar refractivity (Wildman–Crippen MR) is 94.8 cm³/mol. The molecule has 0 fully saturated rings. The Morgan fingerprint density at radius 2 is 1.79 bits per heavy atom. The Morgan fingerprint density at radius 1 is 1.14 bits per heavy atom. The van der Waals surface area contributed by atoms with Gasteiger partial charge in [-0.1, -0.05) is 13.0 Å². The number of alkyl halides is 3. The number of aromatic nitrogens is 2. The van der Waals surface area contributed by atoms with E-state index in [0.717, 1.165) is 28.9 Å². The van der Waals surface area contributed by atoms with E-state index >= 15 is 0 Å². The molecular formula is C19H14F5N3O2. The maximum Gasteiger partial charge on any atom is 0.418 e. The van der Waals surface area contributed by atoms with Gasteiger partial charge in [0, 0.05) is 12.5 Å². The van der Waals surface area contributed by atoms with Crippen LogP contribution in [0.25, 0.3) is 10.9 Å². The summed E-state index contributed by atoms with van der Waals surface area (Å²) in [6.45, 7) is 1.55. The number of benzene rings is 2. The van der Waals surface area contributed by atoms with E-state index in [0.29, 0.717) is 6.07 Å². The molecule has 1 N–H and O–H groups in total. The highest BCUT2D eigenvalue weighted by Crippen LogP contribution is 2.33. The summed E-state index contributed by atoms with van der Waals surface area (Å²) in [4.78, 5) is 28.9. The molecule has 1 heterocycles. The molecule has 0 aliphatic carbocycles. The number of amides is 1. The van der Waals surface area contributed by atoms with Gasteiger partial charge in [0.15, 0.2) is 0 Å². The fourth-order valence-corrected chi connectivity index (χ4v) is 2.90. The van der Waals surface area contributed by atoms with Crippen LogP contribution < -0.4 is 11.0 Å². The van der Waals surface area contributed by atoms with Crippen molar-refractivity contribution in [2.45, 2.75) is 25.9 Å². The van der Waals surface area contributed by atoms with Crippen molar-refractivity contribution < 1.29 is 26.7 Å². The van der Waals surface area contributed by atoms with E-state index in [-0.39, 0.29) is 23.2 Å². The first-order chi connectivity index (χ1) is 13.6. The third-order valence-corrected chi connectivity index (χ3v) is 4.11. The zero-order valence-electron chi connectivity index (χ0n) is 15.0. The topological polar surface area (TPSA) is 64.0 Å². The summed E-state index contributed by atoms with van der Waals surface area (Å²) < 4.78 is 67.0. The van der Waals surface area contributed by atoms with Crippen molar-refractivity contribution in [3.8, 4) is 0 Å². The Kier molecular flexibility index (Phi) is 5.36. The van der Waals surface area contributed by atoms with Gasteiger partial charge in [-0.15, -0.1) is 0 Å². The Bertz CT molecular complexity index is 1130. The molecule has 3 rings (SSSR count). The van der Waals surface area contributed by atoms with Crippen LogP contribution in [0.5, 0.6) is 0 Å². The van der Waals surface area contributed by atoms with E-state index in [2.05, 4.69) is 10.4 Å². The number of aryl methyl sites for hydroxylation is 1. The minimum Gasteiger partial charge on any atom is -0.273 e. The molecule has 0 radical (unpaired) electrons. The molecule has 3 aromatic rings. The highest BCUT2D eigenvalue weighted by Gasteiger charge is 2.34. The van der Waals surface area contributed by atoms with Crippen molar-refractivity contribution in [3.05, 3.63) is 75.3 Å². The smallest absolute Gasteiger partial charge is 0.273 e. The van der Waals surface area contributed by atoms with Crippen LogP contribution in [-0.2, 0) is 23.8 Å². The Hall–Kier alpha value is -3.30. The lowest BCUT2D eigenvalue weighted by atomic mass is 10.1. The second-order valence-electron chi connectivity index (χ2n) is 6.21. The van der Waals surface area contributed by atoms with Crippen molar-refractivity contribution in [3.63, 3.8) is 0 Å². The summed E-state index contributed by atoms with van der Waals surface area (Å²) >= 11 is 0. The molecule has 10 heteroatoms. The summed E-state index contributed by atoms with van der Waals surface area (Å²) in [5.74, 6) is -2.63. The largest absolute Gasteiger partial charge is 0.418 e. The Morgan fingerprint density at radius 3 is 2.38 bits per heavy atom. The van der Waals surface area contributed by atoms with Gasteiger partial charge in [-0.3, -0.25) is 15.0 Å². The summed E-state index contributed by atoms with van der Waals surface area (Å²) in [6, 6.07) is 5.62. The van der Waals surface area contributed by atoms with Gasteiger partial charge in [0.1, 0.15) is 17.5 Å². The van der Waals surface area contributed by atoms with Crippen LogP contribution >= 0.6 is 0 Å². The van der Waals surface area contributed by atoms with Gasteiger partial charge in [-0.25, -0.2) is 18.4 Å². The van der Waals surface area contributed by atoms with Crippen LogP contribution in [0.3, 0.4) is 0 Å². The predicted octanol–water partition coefficient (Wildman–Crippen LogP) is 3.57. The molecule has 0 unspecified atom stereocenters. The maximum atomic E-state index is 13.3. The third kappa shape index (κ3) is 4.25. The van der Waals surface area contributed by atoms with Gasteiger partial charge < -0.3 is 0 Å². The molecule has 0 aliphatic rings. The summed E-state index contributed by atoms with van der Waals surface area (Å²) in [7, 11) is 0. The molecule has 2 aromatic carbocycles. The monoisotopic (exact) mass is 411 g/mol. The van der Waals surface area contributed by atoms with Crippen LogP contribution in [0.1, 0.15) is 23.9 Å². The van der Waals surface area contributed by atoms with Crippen molar-refractivity contribution in [2.24, 2.45) is 0 Å². The zero-order valence-corrected chi connectivity index (χ0v) is 15.0. The van der Waals surface area contributed by atoms with Crippen molar-refractivity contribution in [1.82, 2.24) is 9.66 Å². The highest BCUT2D eigenvalue weighted by atomic mass is 19.4.